The summed E-state index contributed by atoms with van der Waals surface area (Å²) in [6.07, 6.45) is 22.5. The van der Waals surface area contributed by atoms with Crippen LogP contribution in [0.2, 0.25) is 0 Å². The van der Waals surface area contributed by atoms with E-state index in [0.29, 0.717) is 0 Å². The Morgan fingerprint density at radius 1 is 0.583 bits per heavy atom. The Kier molecular flexibility index (Phi) is 18.4. The van der Waals surface area contributed by atoms with Crippen molar-refractivity contribution in [3.63, 3.8) is 0 Å². The lowest BCUT2D eigenvalue weighted by Gasteiger charge is -2.12. The van der Waals surface area contributed by atoms with Crippen molar-refractivity contribution in [2.24, 2.45) is 5.92 Å². The molecule has 0 aromatic heterocycles. The number of aliphatic carboxylic acids is 1. The molecule has 0 aliphatic carbocycles. The predicted molar refractivity (Wildman–Crippen MR) is 106 cm³/mol. The van der Waals surface area contributed by atoms with Crippen LogP contribution in [0.3, 0.4) is 0 Å². The third-order valence-corrected chi connectivity index (χ3v) is 5.16. The van der Waals surface area contributed by atoms with Gasteiger partial charge in [-0.1, -0.05) is 117 Å². The van der Waals surface area contributed by atoms with Crippen molar-refractivity contribution in [3.05, 3.63) is 0 Å². The first-order chi connectivity index (χ1) is 11.7. The second-order valence-corrected chi connectivity index (χ2v) is 7.56. The van der Waals surface area contributed by atoms with E-state index in [2.05, 4.69) is 13.8 Å². The maximum Gasteiger partial charge on any atom is 0.306 e. The van der Waals surface area contributed by atoms with Gasteiger partial charge in [-0.25, -0.2) is 0 Å². The Balaban J connectivity index is 3.42. The van der Waals surface area contributed by atoms with Crippen molar-refractivity contribution in [1.29, 1.82) is 0 Å². The summed E-state index contributed by atoms with van der Waals surface area (Å²) < 4.78 is 0. The van der Waals surface area contributed by atoms with Gasteiger partial charge in [0, 0.05) is 0 Å². The van der Waals surface area contributed by atoms with Gasteiger partial charge in [0.15, 0.2) is 0 Å². The van der Waals surface area contributed by atoms with E-state index in [0.717, 1.165) is 25.7 Å². The quantitative estimate of drug-likeness (QED) is 0.244. The zero-order valence-corrected chi connectivity index (χ0v) is 16.7. The van der Waals surface area contributed by atoms with Crippen LogP contribution in [0.15, 0.2) is 0 Å². The molecular weight excluding hydrogens is 296 g/mol. The molecule has 2 heteroatoms. The van der Waals surface area contributed by atoms with Crippen molar-refractivity contribution in [1.82, 2.24) is 0 Å². The van der Waals surface area contributed by atoms with E-state index in [1.807, 2.05) is 0 Å². The summed E-state index contributed by atoms with van der Waals surface area (Å²) in [6.45, 7) is 4.48. The largest absolute Gasteiger partial charge is 0.481 e. The summed E-state index contributed by atoms with van der Waals surface area (Å²) >= 11 is 0. The topological polar surface area (TPSA) is 37.3 Å². The minimum Gasteiger partial charge on any atom is -0.481 e. The second kappa shape index (κ2) is 18.8. The summed E-state index contributed by atoms with van der Waals surface area (Å²) in [5, 5.41) is 9.34. The molecule has 0 spiro atoms. The summed E-state index contributed by atoms with van der Waals surface area (Å²) in [4.78, 5) is 11.3. The van der Waals surface area contributed by atoms with E-state index in [-0.39, 0.29) is 5.92 Å². The summed E-state index contributed by atoms with van der Waals surface area (Å²) in [5.41, 5.74) is 0. The van der Waals surface area contributed by atoms with Crippen LogP contribution in [0.4, 0.5) is 0 Å². The van der Waals surface area contributed by atoms with Crippen LogP contribution in [-0.2, 0) is 4.79 Å². The number of carboxylic acid groups (broad SMARTS) is 1. The highest BCUT2D eigenvalue weighted by atomic mass is 16.4. The third kappa shape index (κ3) is 16.3. The lowest BCUT2D eigenvalue weighted by Crippen LogP contribution is -2.13. The first kappa shape index (κ1) is 23.5. The van der Waals surface area contributed by atoms with Gasteiger partial charge in [-0.3, -0.25) is 4.79 Å². The molecule has 1 unspecified atom stereocenters. The molecule has 0 amide bonds. The maximum absolute atomic E-state index is 11.3. The molecule has 144 valence electrons. The maximum atomic E-state index is 11.3. The first-order valence-corrected chi connectivity index (χ1v) is 10.9. The van der Waals surface area contributed by atoms with Crippen LogP contribution < -0.4 is 0 Å². The number of hydrogen-bond acceptors (Lipinski definition) is 1. The number of hydrogen-bond donors (Lipinski definition) is 1. The smallest absolute Gasteiger partial charge is 0.306 e. The molecule has 0 saturated heterocycles. The van der Waals surface area contributed by atoms with Crippen molar-refractivity contribution in [2.45, 2.75) is 129 Å². The predicted octanol–water partition coefficient (Wildman–Crippen LogP) is 7.75. The Labute approximate surface area is 151 Å². The van der Waals surface area contributed by atoms with E-state index in [9.17, 15) is 9.90 Å². The number of rotatable bonds is 19. The third-order valence-electron chi connectivity index (χ3n) is 5.16. The minimum atomic E-state index is -0.572. The van der Waals surface area contributed by atoms with Gasteiger partial charge in [-0.15, -0.1) is 0 Å². The molecule has 0 radical (unpaired) electrons. The average molecular weight is 341 g/mol. The second-order valence-electron chi connectivity index (χ2n) is 7.56. The van der Waals surface area contributed by atoms with Gasteiger partial charge in [0.2, 0.25) is 0 Å². The molecule has 0 heterocycles. The van der Waals surface area contributed by atoms with E-state index in [4.69, 9.17) is 0 Å². The van der Waals surface area contributed by atoms with Crippen LogP contribution >= 0.6 is 0 Å². The van der Waals surface area contributed by atoms with Gasteiger partial charge >= 0.3 is 5.97 Å². The Morgan fingerprint density at radius 2 is 0.875 bits per heavy atom. The summed E-state index contributed by atoms with van der Waals surface area (Å²) in [7, 11) is 0. The van der Waals surface area contributed by atoms with Crippen molar-refractivity contribution >= 4 is 5.97 Å². The van der Waals surface area contributed by atoms with Gasteiger partial charge in [0.25, 0.3) is 0 Å². The zero-order chi connectivity index (χ0) is 17.9. The molecule has 0 aromatic rings. The van der Waals surface area contributed by atoms with Gasteiger partial charge in [0.1, 0.15) is 0 Å². The van der Waals surface area contributed by atoms with Crippen LogP contribution in [-0.4, -0.2) is 11.1 Å². The first-order valence-electron chi connectivity index (χ1n) is 10.9. The van der Waals surface area contributed by atoms with Crippen molar-refractivity contribution in [3.8, 4) is 0 Å². The van der Waals surface area contributed by atoms with Crippen LogP contribution in [0.1, 0.15) is 129 Å². The lowest BCUT2D eigenvalue weighted by molar-refractivity contribution is -0.142. The number of carboxylic acids is 1. The lowest BCUT2D eigenvalue weighted by atomic mass is 9.94. The van der Waals surface area contributed by atoms with E-state index >= 15 is 0 Å². The zero-order valence-electron chi connectivity index (χ0n) is 16.7. The molecule has 0 aliphatic rings. The Bertz CT molecular complexity index is 263. The summed E-state index contributed by atoms with van der Waals surface area (Å²) in [5.74, 6) is -0.664. The summed E-state index contributed by atoms with van der Waals surface area (Å²) in [6, 6.07) is 0. The average Bonchev–Trinajstić information content (AvgIpc) is 2.57. The van der Waals surface area contributed by atoms with E-state index in [1.54, 1.807) is 0 Å². The number of carbonyl (C=O) groups is 1. The molecule has 0 rings (SSSR count). The fourth-order valence-electron chi connectivity index (χ4n) is 3.44. The fraction of sp³-hybridized carbons (Fsp3) is 0.955. The SMILES string of the molecule is CCCCCCCCCCCCCC(CCCCCCC)C(=O)O. The highest BCUT2D eigenvalue weighted by Crippen LogP contribution is 2.19. The normalized spacial score (nSPS) is 12.4. The standard InChI is InChI=1S/C22H44O2/c1-3-5-7-9-10-11-12-13-14-16-18-20-21(22(23)24)19-17-15-8-6-4-2/h21H,3-20H2,1-2H3,(H,23,24). The Hall–Kier alpha value is -0.530. The van der Waals surface area contributed by atoms with Gasteiger partial charge in [0.05, 0.1) is 5.92 Å². The van der Waals surface area contributed by atoms with Crippen LogP contribution in [0, 0.1) is 5.92 Å². The molecule has 0 fully saturated rings. The highest BCUT2D eigenvalue weighted by molar-refractivity contribution is 5.69. The molecule has 0 bridgehead atoms. The van der Waals surface area contributed by atoms with Gasteiger partial charge in [-0.05, 0) is 12.8 Å². The Morgan fingerprint density at radius 3 is 1.17 bits per heavy atom. The monoisotopic (exact) mass is 340 g/mol. The van der Waals surface area contributed by atoms with Crippen molar-refractivity contribution < 1.29 is 9.90 Å². The van der Waals surface area contributed by atoms with Crippen molar-refractivity contribution in [2.75, 3.05) is 0 Å². The number of unbranched alkanes of at least 4 members (excludes halogenated alkanes) is 14. The molecule has 0 aromatic carbocycles. The van der Waals surface area contributed by atoms with E-state index in [1.165, 1.54) is 89.9 Å². The molecular formula is C22H44O2. The molecule has 1 N–H and O–H groups in total. The van der Waals surface area contributed by atoms with Crippen LogP contribution in [0.25, 0.3) is 0 Å². The van der Waals surface area contributed by atoms with Gasteiger partial charge in [-0.2, -0.15) is 0 Å². The highest BCUT2D eigenvalue weighted by Gasteiger charge is 2.16. The molecule has 1 atom stereocenters. The van der Waals surface area contributed by atoms with Crippen LogP contribution in [0.5, 0.6) is 0 Å². The molecule has 0 aliphatic heterocycles. The molecule has 2 nitrogen and oxygen atoms in total. The van der Waals surface area contributed by atoms with E-state index < -0.39 is 5.97 Å². The molecule has 0 saturated carbocycles. The fourth-order valence-corrected chi connectivity index (χ4v) is 3.44. The molecule has 24 heavy (non-hydrogen) atoms. The van der Waals surface area contributed by atoms with Gasteiger partial charge < -0.3 is 5.11 Å². The minimum absolute atomic E-state index is 0.0924.